The van der Waals surface area contributed by atoms with Crippen LogP contribution in [0.15, 0.2) is 30.3 Å². The van der Waals surface area contributed by atoms with E-state index in [4.69, 9.17) is 4.74 Å². The largest absolute Gasteiger partial charge is 0.480 e. The van der Waals surface area contributed by atoms with Crippen LogP contribution >= 0.6 is 12.4 Å². The van der Waals surface area contributed by atoms with Crippen molar-refractivity contribution >= 4 is 24.5 Å². The Balaban J connectivity index is 0.00000242. The van der Waals surface area contributed by atoms with E-state index in [1.165, 1.54) is 0 Å². The summed E-state index contributed by atoms with van der Waals surface area (Å²) >= 11 is 0. The molecule has 1 amide bonds. The maximum Gasteiger partial charge on any atom is 0.408 e. The van der Waals surface area contributed by atoms with Crippen LogP contribution < -0.4 is 10.6 Å². The lowest BCUT2D eigenvalue weighted by molar-refractivity contribution is -0.141. The average Bonchev–Trinajstić information content (AvgIpc) is 2.52. The number of benzene rings is 1. The molecule has 0 bridgehead atoms. The molecule has 122 valence electrons. The van der Waals surface area contributed by atoms with E-state index in [1.54, 1.807) is 0 Å². The van der Waals surface area contributed by atoms with Crippen molar-refractivity contribution in [3.05, 3.63) is 35.9 Å². The second-order valence-corrected chi connectivity index (χ2v) is 5.11. The Labute approximate surface area is 135 Å². The molecule has 1 atom stereocenters. The molecule has 1 aliphatic heterocycles. The van der Waals surface area contributed by atoms with Gasteiger partial charge in [0, 0.05) is 0 Å². The maximum atomic E-state index is 11.8. The first-order valence-electron chi connectivity index (χ1n) is 7.07. The molecule has 1 fully saturated rings. The van der Waals surface area contributed by atoms with Gasteiger partial charge in [-0.2, -0.15) is 0 Å². The monoisotopic (exact) mass is 328 g/mol. The average molecular weight is 329 g/mol. The highest BCUT2D eigenvalue weighted by molar-refractivity contribution is 5.85. The number of amides is 1. The van der Waals surface area contributed by atoms with Gasteiger partial charge < -0.3 is 20.5 Å². The number of ether oxygens (including phenoxy) is 1. The van der Waals surface area contributed by atoms with Gasteiger partial charge in [-0.25, -0.2) is 9.59 Å². The molecule has 1 aliphatic rings. The van der Waals surface area contributed by atoms with Crippen molar-refractivity contribution in [3.63, 3.8) is 0 Å². The zero-order valence-electron chi connectivity index (χ0n) is 12.2. The van der Waals surface area contributed by atoms with Gasteiger partial charge in [0.05, 0.1) is 0 Å². The summed E-state index contributed by atoms with van der Waals surface area (Å²) in [5.74, 6) is -1.08. The Morgan fingerprint density at radius 1 is 1.27 bits per heavy atom. The highest BCUT2D eigenvalue weighted by Crippen LogP contribution is 2.17. The van der Waals surface area contributed by atoms with Crippen molar-refractivity contribution in [1.82, 2.24) is 10.6 Å². The van der Waals surface area contributed by atoms with E-state index in [-0.39, 0.29) is 24.9 Å². The Hall–Kier alpha value is -1.79. The third-order valence-corrected chi connectivity index (χ3v) is 3.61. The van der Waals surface area contributed by atoms with Crippen LogP contribution in [0.4, 0.5) is 4.79 Å². The standard InChI is InChI=1S/C15H20N2O4.ClH/c18-14(19)13(12-6-8-16-9-7-12)17-15(20)21-10-11-4-2-1-3-5-11;/h1-5,12-13,16H,6-10H2,(H,17,20)(H,18,19);1H. The smallest absolute Gasteiger partial charge is 0.408 e. The molecule has 1 heterocycles. The number of halogens is 1. The number of piperidine rings is 1. The fraction of sp³-hybridized carbons (Fsp3) is 0.467. The van der Waals surface area contributed by atoms with Crippen molar-refractivity contribution in [1.29, 1.82) is 0 Å². The quantitative estimate of drug-likeness (QED) is 0.767. The zero-order valence-corrected chi connectivity index (χ0v) is 13.0. The van der Waals surface area contributed by atoms with E-state index in [0.717, 1.165) is 31.5 Å². The number of carbonyl (C=O) groups is 2. The molecule has 1 aromatic carbocycles. The summed E-state index contributed by atoms with van der Waals surface area (Å²) in [5.41, 5.74) is 0.862. The molecule has 7 heteroatoms. The van der Waals surface area contributed by atoms with Crippen LogP contribution in [0.5, 0.6) is 0 Å². The summed E-state index contributed by atoms with van der Waals surface area (Å²) < 4.78 is 5.07. The van der Waals surface area contributed by atoms with Crippen molar-refractivity contribution in [2.75, 3.05) is 13.1 Å². The van der Waals surface area contributed by atoms with Crippen LogP contribution in [-0.4, -0.2) is 36.3 Å². The maximum absolute atomic E-state index is 11.8. The number of carboxylic acid groups (broad SMARTS) is 1. The zero-order chi connectivity index (χ0) is 15.1. The van der Waals surface area contributed by atoms with Gasteiger partial charge >= 0.3 is 12.1 Å². The van der Waals surface area contributed by atoms with Gasteiger partial charge in [-0.3, -0.25) is 0 Å². The summed E-state index contributed by atoms with van der Waals surface area (Å²) in [6, 6.07) is 8.37. The van der Waals surface area contributed by atoms with Gasteiger partial charge in [-0.05, 0) is 37.4 Å². The Kier molecular flexibility index (Phi) is 7.70. The van der Waals surface area contributed by atoms with E-state index < -0.39 is 18.1 Å². The van der Waals surface area contributed by atoms with Crippen LogP contribution in [0.2, 0.25) is 0 Å². The molecule has 22 heavy (non-hydrogen) atoms. The minimum Gasteiger partial charge on any atom is -0.480 e. The molecule has 6 nitrogen and oxygen atoms in total. The molecule has 0 radical (unpaired) electrons. The molecule has 2 rings (SSSR count). The van der Waals surface area contributed by atoms with Crippen molar-refractivity contribution in [3.8, 4) is 0 Å². The summed E-state index contributed by atoms with van der Waals surface area (Å²) in [5, 5.41) is 14.9. The highest BCUT2D eigenvalue weighted by atomic mass is 35.5. The summed E-state index contributed by atoms with van der Waals surface area (Å²) in [6.45, 7) is 1.68. The summed E-state index contributed by atoms with van der Waals surface area (Å²) in [7, 11) is 0. The van der Waals surface area contributed by atoms with E-state index in [0.29, 0.717) is 0 Å². The summed E-state index contributed by atoms with van der Waals surface area (Å²) in [6.07, 6.45) is 0.774. The van der Waals surface area contributed by atoms with Gasteiger partial charge in [0.1, 0.15) is 12.6 Å². The van der Waals surface area contributed by atoms with Crippen LogP contribution in [0.25, 0.3) is 0 Å². The molecular formula is C15H21ClN2O4. The molecule has 0 spiro atoms. The molecule has 0 saturated carbocycles. The lowest BCUT2D eigenvalue weighted by atomic mass is 9.90. The number of carbonyl (C=O) groups excluding carboxylic acids is 1. The molecule has 1 aromatic rings. The van der Waals surface area contributed by atoms with Crippen molar-refractivity contribution < 1.29 is 19.4 Å². The lowest BCUT2D eigenvalue weighted by Gasteiger charge is -2.28. The first kappa shape index (κ1) is 18.3. The van der Waals surface area contributed by atoms with Crippen LogP contribution in [-0.2, 0) is 16.1 Å². The SMILES string of the molecule is Cl.O=C(NC(C(=O)O)C1CCNCC1)OCc1ccccc1. The Bertz CT molecular complexity index is 478. The van der Waals surface area contributed by atoms with Crippen molar-refractivity contribution in [2.24, 2.45) is 5.92 Å². The minimum atomic E-state index is -1.02. The molecule has 0 aliphatic carbocycles. The second kappa shape index (κ2) is 9.27. The summed E-state index contributed by atoms with van der Waals surface area (Å²) in [4.78, 5) is 23.1. The Morgan fingerprint density at radius 2 is 1.91 bits per heavy atom. The normalized spacial score (nSPS) is 16.2. The lowest BCUT2D eigenvalue weighted by Crippen LogP contribution is -2.49. The fourth-order valence-corrected chi connectivity index (χ4v) is 2.45. The number of rotatable bonds is 5. The van der Waals surface area contributed by atoms with E-state index in [2.05, 4.69) is 10.6 Å². The number of alkyl carbamates (subject to hydrolysis) is 1. The van der Waals surface area contributed by atoms with Crippen molar-refractivity contribution in [2.45, 2.75) is 25.5 Å². The molecule has 0 aromatic heterocycles. The third kappa shape index (κ3) is 5.54. The van der Waals surface area contributed by atoms with E-state index >= 15 is 0 Å². The second-order valence-electron chi connectivity index (χ2n) is 5.11. The highest BCUT2D eigenvalue weighted by Gasteiger charge is 2.31. The number of hydrogen-bond acceptors (Lipinski definition) is 4. The third-order valence-electron chi connectivity index (χ3n) is 3.61. The first-order chi connectivity index (χ1) is 10.2. The molecule has 1 saturated heterocycles. The van der Waals surface area contributed by atoms with E-state index in [1.807, 2.05) is 30.3 Å². The number of hydrogen-bond donors (Lipinski definition) is 3. The molecular weight excluding hydrogens is 308 g/mol. The van der Waals surface area contributed by atoms with Crippen LogP contribution in [0.1, 0.15) is 18.4 Å². The van der Waals surface area contributed by atoms with Gasteiger partial charge in [-0.15, -0.1) is 12.4 Å². The number of carboxylic acids is 1. The number of aliphatic carboxylic acids is 1. The van der Waals surface area contributed by atoms with Gasteiger partial charge in [0.25, 0.3) is 0 Å². The molecule has 1 unspecified atom stereocenters. The van der Waals surface area contributed by atoms with Crippen LogP contribution in [0, 0.1) is 5.92 Å². The van der Waals surface area contributed by atoms with Crippen LogP contribution in [0.3, 0.4) is 0 Å². The molecule has 3 N–H and O–H groups in total. The first-order valence-corrected chi connectivity index (χ1v) is 7.07. The Morgan fingerprint density at radius 3 is 2.50 bits per heavy atom. The number of nitrogens with one attached hydrogen (secondary N) is 2. The van der Waals surface area contributed by atoms with Gasteiger partial charge in [-0.1, -0.05) is 30.3 Å². The van der Waals surface area contributed by atoms with E-state index in [9.17, 15) is 14.7 Å². The fourth-order valence-electron chi connectivity index (χ4n) is 2.45. The predicted octanol–water partition coefficient (Wildman–Crippen LogP) is 1.79. The predicted molar refractivity (Wildman–Crippen MR) is 84.0 cm³/mol. The topological polar surface area (TPSA) is 87.7 Å². The van der Waals surface area contributed by atoms with Gasteiger partial charge in [0.2, 0.25) is 0 Å². The van der Waals surface area contributed by atoms with Gasteiger partial charge in [0.15, 0.2) is 0 Å². The minimum absolute atomic E-state index is 0.